The molecule has 1 aliphatic rings. The van der Waals surface area contributed by atoms with Gasteiger partial charge in [-0.15, -0.1) is 0 Å². The van der Waals surface area contributed by atoms with Crippen molar-refractivity contribution in [1.29, 1.82) is 0 Å². The molecule has 138 valence electrons. The van der Waals surface area contributed by atoms with Crippen LogP contribution in [-0.2, 0) is 21.6 Å². The highest BCUT2D eigenvalue weighted by Crippen LogP contribution is 2.49. The van der Waals surface area contributed by atoms with E-state index in [0.717, 1.165) is 0 Å². The monoisotopic (exact) mass is 423 g/mol. The van der Waals surface area contributed by atoms with Crippen LogP contribution in [0.15, 0.2) is 55.1 Å². The molecule has 1 aliphatic heterocycles. The minimum atomic E-state index is -1.22. The van der Waals surface area contributed by atoms with Crippen LogP contribution in [0.5, 0.6) is 0 Å². The molecule has 0 unspecified atom stereocenters. The fourth-order valence-corrected chi connectivity index (χ4v) is 3.78. The zero-order valence-corrected chi connectivity index (χ0v) is 15.9. The highest BCUT2D eigenvalue weighted by molar-refractivity contribution is 6.35. The van der Waals surface area contributed by atoms with Crippen LogP contribution in [0.1, 0.15) is 17.2 Å². The number of carbonyl (C=O) groups excluding carboxylic acids is 1. The third-order valence-corrected chi connectivity index (χ3v) is 5.16. The molecule has 2 heterocycles. The summed E-state index contributed by atoms with van der Waals surface area (Å²) in [5.41, 5.74) is 0.0404. The Bertz CT molecular complexity index is 979. The SMILES string of the molecule is O=C1O[C@H](c2ccc(Cl)cc2Cl)[C@@](Cn2cncn2)(c2ccc(Cl)cc2)O1. The quantitative estimate of drug-likeness (QED) is 0.549. The van der Waals surface area contributed by atoms with E-state index >= 15 is 0 Å². The Morgan fingerprint density at radius 2 is 1.81 bits per heavy atom. The maximum Gasteiger partial charge on any atom is 0.510 e. The first-order valence-corrected chi connectivity index (χ1v) is 9.04. The number of rotatable bonds is 4. The Kier molecular flexibility index (Phi) is 4.72. The maximum absolute atomic E-state index is 12.2. The van der Waals surface area contributed by atoms with E-state index in [1.54, 1.807) is 47.1 Å². The summed E-state index contributed by atoms with van der Waals surface area (Å²) < 4.78 is 12.8. The van der Waals surface area contributed by atoms with Crippen LogP contribution < -0.4 is 0 Å². The maximum atomic E-state index is 12.2. The molecule has 0 saturated carbocycles. The molecule has 1 aromatic heterocycles. The predicted molar refractivity (Wildman–Crippen MR) is 99.9 cm³/mol. The van der Waals surface area contributed by atoms with Gasteiger partial charge in [0.25, 0.3) is 0 Å². The first-order valence-electron chi connectivity index (χ1n) is 7.91. The summed E-state index contributed by atoms with van der Waals surface area (Å²) in [5, 5.41) is 5.53. The molecule has 1 saturated heterocycles. The van der Waals surface area contributed by atoms with Crippen molar-refractivity contribution >= 4 is 41.0 Å². The lowest BCUT2D eigenvalue weighted by Gasteiger charge is -2.31. The predicted octanol–water partition coefficient (Wildman–Crippen LogP) is 5.04. The number of hydrogen-bond donors (Lipinski definition) is 0. The largest absolute Gasteiger partial charge is 0.510 e. The van der Waals surface area contributed by atoms with Gasteiger partial charge >= 0.3 is 6.16 Å². The van der Waals surface area contributed by atoms with Crippen LogP contribution in [0, 0.1) is 0 Å². The molecule has 3 aromatic rings. The molecule has 4 rings (SSSR count). The van der Waals surface area contributed by atoms with Gasteiger partial charge in [0, 0.05) is 26.2 Å². The van der Waals surface area contributed by atoms with E-state index in [-0.39, 0.29) is 6.54 Å². The van der Waals surface area contributed by atoms with E-state index < -0.39 is 17.9 Å². The van der Waals surface area contributed by atoms with E-state index in [2.05, 4.69) is 10.1 Å². The molecule has 1 fully saturated rings. The summed E-state index contributed by atoms with van der Waals surface area (Å²) >= 11 is 18.4. The minimum Gasteiger partial charge on any atom is -0.421 e. The molecule has 0 bridgehead atoms. The zero-order valence-electron chi connectivity index (χ0n) is 13.7. The van der Waals surface area contributed by atoms with Gasteiger partial charge in [-0.1, -0.05) is 53.0 Å². The number of nitrogens with zero attached hydrogens (tertiary/aromatic N) is 3. The van der Waals surface area contributed by atoms with E-state index in [0.29, 0.717) is 26.2 Å². The van der Waals surface area contributed by atoms with E-state index in [1.807, 2.05) is 0 Å². The van der Waals surface area contributed by atoms with Crippen molar-refractivity contribution in [3.05, 3.63) is 81.3 Å². The molecular formula is C18H12Cl3N3O3. The van der Waals surface area contributed by atoms with Gasteiger partial charge in [0.1, 0.15) is 12.7 Å². The second-order valence-corrected chi connectivity index (χ2v) is 7.29. The smallest absolute Gasteiger partial charge is 0.421 e. The van der Waals surface area contributed by atoms with Gasteiger partial charge in [0.05, 0.1) is 6.54 Å². The molecule has 0 amide bonds. The first-order chi connectivity index (χ1) is 13.0. The molecular weight excluding hydrogens is 413 g/mol. The number of hydrogen-bond acceptors (Lipinski definition) is 5. The van der Waals surface area contributed by atoms with Crippen molar-refractivity contribution in [2.24, 2.45) is 0 Å². The average molecular weight is 425 g/mol. The van der Waals surface area contributed by atoms with Crippen LogP contribution in [-0.4, -0.2) is 20.9 Å². The Morgan fingerprint density at radius 3 is 2.48 bits per heavy atom. The standard InChI is InChI=1S/C18H12Cl3N3O3/c19-12-3-1-11(2-4-12)18(8-24-10-22-9-23-24)16(26-17(25)27-18)14-6-5-13(20)7-15(14)21/h1-7,9-10,16H,8H2/t16-,18-/m1/s1. The Balaban J connectivity index is 1.88. The number of benzene rings is 2. The van der Waals surface area contributed by atoms with Gasteiger partial charge in [-0.2, -0.15) is 5.10 Å². The molecule has 2 atom stereocenters. The molecule has 0 spiro atoms. The fraction of sp³-hybridized carbons (Fsp3) is 0.167. The van der Waals surface area contributed by atoms with Crippen molar-refractivity contribution in [1.82, 2.24) is 14.8 Å². The highest BCUT2D eigenvalue weighted by Gasteiger charge is 2.54. The van der Waals surface area contributed by atoms with Crippen molar-refractivity contribution in [3.63, 3.8) is 0 Å². The Hall–Kier alpha value is -2.28. The highest BCUT2D eigenvalue weighted by atomic mass is 35.5. The number of cyclic esters (lactones) is 2. The first kappa shape index (κ1) is 18.1. The number of ether oxygens (including phenoxy) is 2. The molecule has 27 heavy (non-hydrogen) atoms. The summed E-state index contributed by atoms with van der Waals surface area (Å²) in [4.78, 5) is 16.2. The molecule has 9 heteroatoms. The van der Waals surface area contributed by atoms with Crippen molar-refractivity contribution in [2.75, 3.05) is 0 Å². The third kappa shape index (κ3) is 3.36. The van der Waals surface area contributed by atoms with E-state index in [9.17, 15) is 4.79 Å². The number of halogens is 3. The van der Waals surface area contributed by atoms with Crippen molar-refractivity contribution < 1.29 is 14.3 Å². The van der Waals surface area contributed by atoms with Gasteiger partial charge in [-0.3, -0.25) is 0 Å². The lowest BCUT2D eigenvalue weighted by molar-refractivity contribution is 0.00358. The Morgan fingerprint density at radius 1 is 1.07 bits per heavy atom. The number of aromatic nitrogens is 3. The number of carbonyl (C=O) groups is 1. The molecule has 0 N–H and O–H groups in total. The zero-order chi connectivity index (χ0) is 19.0. The summed E-state index contributed by atoms with van der Waals surface area (Å²) in [7, 11) is 0. The van der Waals surface area contributed by atoms with Crippen LogP contribution in [0.4, 0.5) is 4.79 Å². The van der Waals surface area contributed by atoms with Crippen LogP contribution in [0.2, 0.25) is 15.1 Å². The lowest BCUT2D eigenvalue weighted by Crippen LogP contribution is -2.37. The summed E-state index contributed by atoms with van der Waals surface area (Å²) in [5.74, 6) is 0. The normalized spacial score (nSPS) is 21.7. The minimum absolute atomic E-state index is 0.171. The van der Waals surface area contributed by atoms with Crippen molar-refractivity contribution in [3.8, 4) is 0 Å². The average Bonchev–Trinajstić information content (AvgIpc) is 3.24. The van der Waals surface area contributed by atoms with Crippen LogP contribution in [0.3, 0.4) is 0 Å². The van der Waals surface area contributed by atoms with Gasteiger partial charge in [-0.25, -0.2) is 14.5 Å². The molecule has 0 radical (unpaired) electrons. The molecule has 0 aliphatic carbocycles. The van der Waals surface area contributed by atoms with E-state index in [4.69, 9.17) is 44.3 Å². The summed E-state index contributed by atoms with van der Waals surface area (Å²) in [6.07, 6.45) is 1.31. The topological polar surface area (TPSA) is 66.2 Å². The van der Waals surface area contributed by atoms with Gasteiger partial charge in [0.2, 0.25) is 5.60 Å². The van der Waals surface area contributed by atoms with Gasteiger partial charge in [-0.05, 0) is 24.3 Å². The van der Waals surface area contributed by atoms with Crippen LogP contribution >= 0.6 is 34.8 Å². The third-order valence-electron chi connectivity index (χ3n) is 4.34. The van der Waals surface area contributed by atoms with Crippen molar-refractivity contribution in [2.45, 2.75) is 18.2 Å². The fourth-order valence-electron chi connectivity index (χ4n) is 3.15. The lowest BCUT2D eigenvalue weighted by atomic mass is 9.84. The van der Waals surface area contributed by atoms with Crippen LogP contribution in [0.25, 0.3) is 0 Å². The van der Waals surface area contributed by atoms with E-state index in [1.165, 1.54) is 12.7 Å². The Labute approximate surface area is 169 Å². The summed E-state index contributed by atoms with van der Waals surface area (Å²) in [6, 6.07) is 12.0. The second kappa shape index (κ2) is 7.03. The summed E-state index contributed by atoms with van der Waals surface area (Å²) in [6.45, 7) is 0.171. The van der Waals surface area contributed by atoms with Gasteiger partial charge < -0.3 is 9.47 Å². The van der Waals surface area contributed by atoms with Gasteiger partial charge in [0.15, 0.2) is 6.10 Å². The second-order valence-electron chi connectivity index (χ2n) is 6.01. The molecule has 6 nitrogen and oxygen atoms in total. The molecule has 2 aromatic carbocycles.